The van der Waals surface area contributed by atoms with Crippen LogP contribution in [0, 0.1) is 0 Å². The van der Waals surface area contributed by atoms with Gasteiger partial charge >= 0.3 is 0 Å². The van der Waals surface area contributed by atoms with Gasteiger partial charge in [-0.3, -0.25) is 4.79 Å². The lowest BCUT2D eigenvalue weighted by Gasteiger charge is -2.05. The molecule has 0 radical (unpaired) electrons. The second kappa shape index (κ2) is 2.87. The van der Waals surface area contributed by atoms with Crippen LogP contribution in [0.2, 0.25) is 0 Å². The molecule has 0 bridgehead atoms. The highest BCUT2D eigenvalue weighted by Crippen LogP contribution is 2.34. The van der Waals surface area contributed by atoms with Crippen molar-refractivity contribution in [1.82, 2.24) is 0 Å². The molecule has 0 heterocycles. The SMILES string of the molecule is COc1ccc2c(c1)C(C)CC2=O. The summed E-state index contributed by atoms with van der Waals surface area (Å²) in [4.78, 5) is 11.4. The van der Waals surface area contributed by atoms with Crippen molar-refractivity contribution >= 4 is 5.78 Å². The monoisotopic (exact) mass is 176 g/mol. The molecule has 2 heteroatoms. The number of methoxy groups -OCH3 is 1. The molecular formula is C11H12O2. The summed E-state index contributed by atoms with van der Waals surface area (Å²) in [6.07, 6.45) is 0.641. The third-order valence-corrected chi connectivity index (χ3v) is 2.58. The molecule has 1 aromatic rings. The average Bonchev–Trinajstić information content (AvgIpc) is 2.42. The molecule has 0 saturated carbocycles. The van der Waals surface area contributed by atoms with Gasteiger partial charge in [-0.05, 0) is 29.7 Å². The largest absolute Gasteiger partial charge is 0.497 e. The lowest BCUT2D eigenvalue weighted by Crippen LogP contribution is -1.91. The predicted molar refractivity (Wildman–Crippen MR) is 50.4 cm³/mol. The number of rotatable bonds is 1. The number of fused-ring (bicyclic) bond motifs is 1. The van der Waals surface area contributed by atoms with Gasteiger partial charge in [0.2, 0.25) is 0 Å². The first-order chi connectivity index (χ1) is 6.22. The zero-order valence-electron chi connectivity index (χ0n) is 7.83. The molecule has 0 amide bonds. The molecule has 0 N–H and O–H groups in total. The summed E-state index contributed by atoms with van der Waals surface area (Å²) in [5.74, 6) is 1.43. The van der Waals surface area contributed by atoms with Crippen molar-refractivity contribution < 1.29 is 9.53 Å². The third kappa shape index (κ3) is 1.22. The summed E-state index contributed by atoms with van der Waals surface area (Å²) in [7, 11) is 1.64. The molecule has 1 aliphatic rings. The second-order valence-electron chi connectivity index (χ2n) is 3.48. The first-order valence-corrected chi connectivity index (χ1v) is 4.43. The number of hydrogen-bond acceptors (Lipinski definition) is 2. The molecule has 13 heavy (non-hydrogen) atoms. The Morgan fingerprint density at radius 2 is 2.23 bits per heavy atom. The van der Waals surface area contributed by atoms with Crippen LogP contribution in [0.3, 0.4) is 0 Å². The number of benzene rings is 1. The molecule has 0 spiro atoms. The van der Waals surface area contributed by atoms with E-state index >= 15 is 0 Å². The number of carbonyl (C=O) groups excluding carboxylic acids is 1. The summed E-state index contributed by atoms with van der Waals surface area (Å²) in [6, 6.07) is 5.67. The van der Waals surface area contributed by atoms with Crippen LogP contribution in [0.15, 0.2) is 18.2 Å². The highest BCUT2D eigenvalue weighted by atomic mass is 16.5. The van der Waals surface area contributed by atoms with Crippen LogP contribution in [0.1, 0.15) is 35.2 Å². The van der Waals surface area contributed by atoms with Crippen LogP contribution in [-0.2, 0) is 0 Å². The van der Waals surface area contributed by atoms with Crippen LogP contribution in [0.5, 0.6) is 5.75 Å². The van der Waals surface area contributed by atoms with Crippen molar-refractivity contribution in [2.45, 2.75) is 19.3 Å². The number of Topliss-reactive ketones (excluding diaryl/α,β-unsaturated/α-hetero) is 1. The Balaban J connectivity index is 2.52. The molecule has 2 rings (SSSR count). The standard InChI is InChI=1S/C11H12O2/c1-7-5-11(12)9-4-3-8(13-2)6-10(7)9/h3-4,6-7H,5H2,1-2H3. The van der Waals surface area contributed by atoms with Gasteiger partial charge in [-0.2, -0.15) is 0 Å². The molecule has 1 unspecified atom stereocenters. The van der Waals surface area contributed by atoms with Gasteiger partial charge in [0.25, 0.3) is 0 Å². The zero-order valence-corrected chi connectivity index (χ0v) is 7.83. The normalized spacial score (nSPS) is 20.2. The Morgan fingerprint density at radius 3 is 2.92 bits per heavy atom. The Hall–Kier alpha value is -1.31. The van der Waals surface area contributed by atoms with Crippen LogP contribution in [-0.4, -0.2) is 12.9 Å². The van der Waals surface area contributed by atoms with Gasteiger partial charge < -0.3 is 4.74 Å². The zero-order chi connectivity index (χ0) is 9.42. The van der Waals surface area contributed by atoms with Crippen molar-refractivity contribution in [1.29, 1.82) is 0 Å². The minimum Gasteiger partial charge on any atom is -0.497 e. The molecular weight excluding hydrogens is 164 g/mol. The lowest BCUT2D eigenvalue weighted by molar-refractivity contribution is 0.0990. The van der Waals surface area contributed by atoms with Crippen molar-refractivity contribution in [3.8, 4) is 5.75 Å². The van der Waals surface area contributed by atoms with E-state index in [9.17, 15) is 4.79 Å². The summed E-state index contributed by atoms with van der Waals surface area (Å²) < 4.78 is 5.11. The Bertz CT molecular complexity index is 355. The van der Waals surface area contributed by atoms with Crippen molar-refractivity contribution in [2.75, 3.05) is 7.11 Å². The fourth-order valence-electron chi connectivity index (χ4n) is 1.83. The van der Waals surface area contributed by atoms with Crippen molar-refractivity contribution in [2.24, 2.45) is 0 Å². The van der Waals surface area contributed by atoms with E-state index < -0.39 is 0 Å². The van der Waals surface area contributed by atoms with E-state index in [-0.39, 0.29) is 5.78 Å². The number of ketones is 1. The van der Waals surface area contributed by atoms with E-state index in [4.69, 9.17) is 4.74 Å². The van der Waals surface area contributed by atoms with E-state index in [1.165, 1.54) is 0 Å². The molecule has 2 nitrogen and oxygen atoms in total. The van der Waals surface area contributed by atoms with Gasteiger partial charge in [-0.15, -0.1) is 0 Å². The van der Waals surface area contributed by atoms with Gasteiger partial charge in [-0.25, -0.2) is 0 Å². The van der Waals surface area contributed by atoms with Gasteiger partial charge in [0.05, 0.1) is 7.11 Å². The smallest absolute Gasteiger partial charge is 0.163 e. The first kappa shape index (κ1) is 8.30. The van der Waals surface area contributed by atoms with Crippen LogP contribution in [0.25, 0.3) is 0 Å². The quantitative estimate of drug-likeness (QED) is 0.656. The molecule has 1 atom stereocenters. The molecule has 0 aliphatic heterocycles. The Kier molecular flexibility index (Phi) is 1.83. The Morgan fingerprint density at radius 1 is 1.46 bits per heavy atom. The lowest BCUT2D eigenvalue weighted by atomic mass is 10.0. The number of hydrogen-bond donors (Lipinski definition) is 0. The minimum atomic E-state index is 0.255. The minimum absolute atomic E-state index is 0.255. The highest BCUT2D eigenvalue weighted by Gasteiger charge is 2.25. The number of ether oxygens (including phenoxy) is 1. The maximum atomic E-state index is 11.4. The molecule has 1 aromatic carbocycles. The van der Waals surface area contributed by atoms with E-state index in [2.05, 4.69) is 6.92 Å². The van der Waals surface area contributed by atoms with E-state index in [0.717, 1.165) is 16.9 Å². The third-order valence-electron chi connectivity index (χ3n) is 2.58. The first-order valence-electron chi connectivity index (χ1n) is 4.43. The molecule has 0 saturated heterocycles. The van der Waals surface area contributed by atoms with E-state index in [1.54, 1.807) is 7.11 Å². The maximum absolute atomic E-state index is 11.4. The summed E-state index contributed by atoms with van der Waals surface area (Å²) in [5, 5.41) is 0. The molecule has 68 valence electrons. The maximum Gasteiger partial charge on any atom is 0.163 e. The van der Waals surface area contributed by atoms with E-state index in [1.807, 2.05) is 18.2 Å². The van der Waals surface area contributed by atoms with Crippen LogP contribution in [0.4, 0.5) is 0 Å². The summed E-state index contributed by atoms with van der Waals surface area (Å²) >= 11 is 0. The van der Waals surface area contributed by atoms with Gasteiger partial charge in [-0.1, -0.05) is 6.92 Å². The Labute approximate surface area is 77.5 Å². The number of carbonyl (C=O) groups is 1. The van der Waals surface area contributed by atoms with Gasteiger partial charge in [0.15, 0.2) is 5.78 Å². The predicted octanol–water partition coefficient (Wildman–Crippen LogP) is 2.39. The fraction of sp³-hybridized carbons (Fsp3) is 0.364. The van der Waals surface area contributed by atoms with Gasteiger partial charge in [0.1, 0.15) is 5.75 Å². The van der Waals surface area contributed by atoms with Crippen molar-refractivity contribution in [3.05, 3.63) is 29.3 Å². The van der Waals surface area contributed by atoms with Crippen molar-refractivity contribution in [3.63, 3.8) is 0 Å². The van der Waals surface area contributed by atoms with Gasteiger partial charge in [0, 0.05) is 12.0 Å². The summed E-state index contributed by atoms with van der Waals surface area (Å²) in [5.41, 5.74) is 2.00. The molecule has 0 fully saturated rings. The molecule has 1 aliphatic carbocycles. The topological polar surface area (TPSA) is 26.3 Å². The highest BCUT2D eigenvalue weighted by molar-refractivity contribution is 6.01. The fourth-order valence-corrected chi connectivity index (χ4v) is 1.83. The molecule has 0 aromatic heterocycles. The average molecular weight is 176 g/mol. The van der Waals surface area contributed by atoms with Crippen LogP contribution >= 0.6 is 0 Å². The second-order valence-corrected chi connectivity index (χ2v) is 3.48. The van der Waals surface area contributed by atoms with E-state index in [0.29, 0.717) is 12.3 Å². The summed E-state index contributed by atoms with van der Waals surface area (Å²) in [6.45, 7) is 2.07. The van der Waals surface area contributed by atoms with Crippen LogP contribution < -0.4 is 4.74 Å².